The summed E-state index contributed by atoms with van der Waals surface area (Å²) in [6, 6.07) is 3.93. The van der Waals surface area contributed by atoms with E-state index in [-0.39, 0.29) is 11.3 Å². The Balaban J connectivity index is 1.94. The van der Waals surface area contributed by atoms with Crippen LogP contribution in [0.2, 0.25) is 0 Å². The lowest BCUT2D eigenvalue weighted by Crippen LogP contribution is -2.45. The van der Waals surface area contributed by atoms with Crippen LogP contribution in [0.25, 0.3) is 0 Å². The van der Waals surface area contributed by atoms with Crippen molar-refractivity contribution in [2.45, 2.75) is 33.2 Å². The Morgan fingerprint density at radius 3 is 2.89 bits per heavy atom. The van der Waals surface area contributed by atoms with Crippen LogP contribution in [0.1, 0.15) is 31.0 Å². The Labute approximate surface area is 108 Å². The highest BCUT2D eigenvalue weighted by atomic mass is 16.2. The smallest absolute Gasteiger partial charge is 0.226 e. The van der Waals surface area contributed by atoms with Crippen molar-refractivity contribution in [1.82, 2.24) is 15.6 Å². The van der Waals surface area contributed by atoms with Gasteiger partial charge in [-0.25, -0.2) is 0 Å². The second-order valence-electron chi connectivity index (χ2n) is 5.26. The number of aryl methyl sites for hydroxylation is 1. The zero-order chi connectivity index (χ0) is 13.0. The van der Waals surface area contributed by atoms with Crippen LogP contribution in [0.15, 0.2) is 18.3 Å². The molecule has 2 heterocycles. The molecule has 4 nitrogen and oxygen atoms in total. The van der Waals surface area contributed by atoms with Gasteiger partial charge in [-0.15, -0.1) is 0 Å². The van der Waals surface area contributed by atoms with E-state index in [2.05, 4.69) is 22.5 Å². The largest absolute Gasteiger partial charge is 0.350 e. The van der Waals surface area contributed by atoms with Gasteiger partial charge in [0.2, 0.25) is 5.91 Å². The summed E-state index contributed by atoms with van der Waals surface area (Å²) in [5.74, 6) is 0.147. The molecule has 0 bridgehead atoms. The minimum atomic E-state index is -0.228. The molecule has 0 saturated carbocycles. The standard InChI is InChI=1S/C14H21N3O/c1-11-4-3-7-16-12(11)10-17-13(18)14(2)5-8-15-9-6-14/h3-4,7,15H,5-6,8-10H2,1-2H3,(H,17,18). The molecule has 1 aliphatic rings. The Kier molecular flexibility index (Phi) is 3.97. The predicted molar refractivity (Wildman–Crippen MR) is 71.0 cm³/mol. The molecule has 1 aromatic rings. The van der Waals surface area contributed by atoms with Gasteiger partial charge >= 0.3 is 0 Å². The summed E-state index contributed by atoms with van der Waals surface area (Å²) in [5.41, 5.74) is 1.84. The highest BCUT2D eigenvalue weighted by Gasteiger charge is 2.34. The van der Waals surface area contributed by atoms with Crippen LogP contribution in [0.4, 0.5) is 0 Å². The Morgan fingerprint density at radius 1 is 1.50 bits per heavy atom. The third-order valence-corrected chi connectivity index (χ3v) is 3.79. The van der Waals surface area contributed by atoms with Gasteiger partial charge < -0.3 is 10.6 Å². The number of rotatable bonds is 3. The van der Waals surface area contributed by atoms with Crippen LogP contribution in [0, 0.1) is 12.3 Å². The average molecular weight is 247 g/mol. The van der Waals surface area contributed by atoms with Crippen molar-refractivity contribution in [2.75, 3.05) is 13.1 Å². The molecule has 2 rings (SSSR count). The van der Waals surface area contributed by atoms with Gasteiger partial charge in [0, 0.05) is 11.6 Å². The van der Waals surface area contributed by atoms with Crippen LogP contribution in [0.5, 0.6) is 0 Å². The molecule has 0 aliphatic carbocycles. The third-order valence-electron chi connectivity index (χ3n) is 3.79. The van der Waals surface area contributed by atoms with Crippen molar-refractivity contribution in [2.24, 2.45) is 5.41 Å². The summed E-state index contributed by atoms with van der Waals surface area (Å²) in [6.07, 6.45) is 3.57. The van der Waals surface area contributed by atoms with E-state index >= 15 is 0 Å². The van der Waals surface area contributed by atoms with E-state index in [1.807, 2.05) is 19.1 Å². The molecule has 1 aliphatic heterocycles. The maximum Gasteiger partial charge on any atom is 0.226 e. The first-order chi connectivity index (χ1) is 8.62. The van der Waals surface area contributed by atoms with E-state index in [0.29, 0.717) is 6.54 Å². The van der Waals surface area contributed by atoms with Crippen LogP contribution in [-0.2, 0) is 11.3 Å². The lowest BCUT2D eigenvalue weighted by atomic mass is 9.80. The zero-order valence-electron chi connectivity index (χ0n) is 11.1. The summed E-state index contributed by atoms with van der Waals surface area (Å²) in [5, 5.41) is 6.31. The molecule has 0 aromatic carbocycles. The second kappa shape index (κ2) is 5.48. The van der Waals surface area contributed by atoms with Crippen molar-refractivity contribution in [1.29, 1.82) is 0 Å². The summed E-state index contributed by atoms with van der Waals surface area (Å²) < 4.78 is 0. The Morgan fingerprint density at radius 2 is 2.22 bits per heavy atom. The summed E-state index contributed by atoms with van der Waals surface area (Å²) >= 11 is 0. The number of pyridine rings is 1. The van der Waals surface area contributed by atoms with E-state index in [4.69, 9.17) is 0 Å². The zero-order valence-corrected chi connectivity index (χ0v) is 11.1. The molecule has 2 N–H and O–H groups in total. The number of nitrogens with zero attached hydrogens (tertiary/aromatic N) is 1. The minimum absolute atomic E-state index is 0.147. The number of carbonyl (C=O) groups is 1. The molecule has 18 heavy (non-hydrogen) atoms. The fourth-order valence-corrected chi connectivity index (χ4v) is 2.29. The van der Waals surface area contributed by atoms with Gasteiger partial charge in [-0.2, -0.15) is 0 Å². The predicted octanol–water partition coefficient (Wildman–Crippen LogP) is 1.40. The molecular formula is C14H21N3O. The Hall–Kier alpha value is -1.42. The van der Waals surface area contributed by atoms with Crippen molar-refractivity contribution in [3.63, 3.8) is 0 Å². The highest BCUT2D eigenvalue weighted by molar-refractivity contribution is 5.82. The minimum Gasteiger partial charge on any atom is -0.350 e. The van der Waals surface area contributed by atoms with Crippen LogP contribution >= 0.6 is 0 Å². The number of hydrogen-bond acceptors (Lipinski definition) is 3. The molecule has 1 saturated heterocycles. The van der Waals surface area contributed by atoms with Gasteiger partial charge in [-0.1, -0.05) is 13.0 Å². The van der Waals surface area contributed by atoms with Crippen molar-refractivity contribution in [3.05, 3.63) is 29.6 Å². The number of nitrogens with one attached hydrogen (secondary N) is 2. The number of hydrogen-bond donors (Lipinski definition) is 2. The maximum atomic E-state index is 12.2. The normalized spacial score (nSPS) is 18.3. The van der Waals surface area contributed by atoms with Crippen molar-refractivity contribution < 1.29 is 4.79 Å². The van der Waals surface area contributed by atoms with Crippen LogP contribution in [0.3, 0.4) is 0 Å². The first kappa shape index (κ1) is 13.0. The van der Waals surface area contributed by atoms with E-state index in [0.717, 1.165) is 37.2 Å². The first-order valence-electron chi connectivity index (χ1n) is 6.51. The van der Waals surface area contributed by atoms with Gasteiger partial charge in [-0.05, 0) is 44.5 Å². The first-order valence-corrected chi connectivity index (χ1v) is 6.51. The second-order valence-corrected chi connectivity index (χ2v) is 5.26. The van der Waals surface area contributed by atoms with Gasteiger partial charge in [-0.3, -0.25) is 9.78 Å². The average Bonchev–Trinajstić information content (AvgIpc) is 2.38. The third kappa shape index (κ3) is 2.88. The van der Waals surface area contributed by atoms with Gasteiger partial charge in [0.05, 0.1) is 12.2 Å². The number of carbonyl (C=O) groups excluding carboxylic acids is 1. The molecule has 98 valence electrons. The number of aromatic nitrogens is 1. The van der Waals surface area contributed by atoms with E-state index in [9.17, 15) is 4.79 Å². The maximum absolute atomic E-state index is 12.2. The number of piperidine rings is 1. The van der Waals surface area contributed by atoms with Crippen molar-refractivity contribution >= 4 is 5.91 Å². The molecule has 1 fully saturated rings. The SMILES string of the molecule is Cc1cccnc1CNC(=O)C1(C)CCNCC1. The molecule has 1 aromatic heterocycles. The van der Waals surface area contributed by atoms with E-state index in [1.165, 1.54) is 0 Å². The fourth-order valence-electron chi connectivity index (χ4n) is 2.29. The lowest BCUT2D eigenvalue weighted by Gasteiger charge is -2.32. The fraction of sp³-hybridized carbons (Fsp3) is 0.571. The molecule has 1 amide bonds. The highest BCUT2D eigenvalue weighted by Crippen LogP contribution is 2.27. The number of amides is 1. The quantitative estimate of drug-likeness (QED) is 0.849. The molecule has 0 atom stereocenters. The monoisotopic (exact) mass is 247 g/mol. The lowest BCUT2D eigenvalue weighted by molar-refractivity contribution is -0.131. The topological polar surface area (TPSA) is 54.0 Å². The van der Waals surface area contributed by atoms with Crippen LogP contribution < -0.4 is 10.6 Å². The van der Waals surface area contributed by atoms with Crippen molar-refractivity contribution in [3.8, 4) is 0 Å². The molecular weight excluding hydrogens is 226 g/mol. The van der Waals surface area contributed by atoms with Gasteiger partial charge in [0.1, 0.15) is 0 Å². The molecule has 0 spiro atoms. The summed E-state index contributed by atoms with van der Waals surface area (Å²) in [4.78, 5) is 16.5. The molecule has 0 unspecified atom stereocenters. The van der Waals surface area contributed by atoms with E-state index < -0.39 is 0 Å². The van der Waals surface area contributed by atoms with Crippen LogP contribution in [-0.4, -0.2) is 24.0 Å². The summed E-state index contributed by atoms with van der Waals surface area (Å²) in [6.45, 7) is 6.43. The molecule has 4 heteroatoms. The Bertz CT molecular complexity index is 425. The molecule has 0 radical (unpaired) electrons. The van der Waals surface area contributed by atoms with E-state index in [1.54, 1.807) is 6.20 Å². The van der Waals surface area contributed by atoms with Gasteiger partial charge in [0.15, 0.2) is 0 Å². The summed E-state index contributed by atoms with van der Waals surface area (Å²) in [7, 11) is 0. The van der Waals surface area contributed by atoms with Gasteiger partial charge in [0.25, 0.3) is 0 Å².